The zero-order valence-electron chi connectivity index (χ0n) is 10.3. The molecule has 0 aromatic heterocycles. The molecule has 0 saturated carbocycles. The Bertz CT molecular complexity index is 418. The Morgan fingerprint density at radius 1 is 1.06 bits per heavy atom. The molecule has 2 amide bonds. The minimum Gasteiger partial charge on any atom is -0.397 e. The Morgan fingerprint density at radius 2 is 1.72 bits per heavy atom. The first kappa shape index (κ1) is 14.0. The summed E-state index contributed by atoms with van der Waals surface area (Å²) in [5.41, 5.74) is 11.9. The van der Waals surface area contributed by atoms with Gasteiger partial charge in [0.1, 0.15) is 0 Å². The normalized spacial score (nSPS) is 10.0. The van der Waals surface area contributed by atoms with Gasteiger partial charge in [-0.05, 0) is 25.0 Å². The Morgan fingerprint density at radius 3 is 2.39 bits per heavy atom. The summed E-state index contributed by atoms with van der Waals surface area (Å²) in [4.78, 5) is 22.1. The molecule has 5 N–H and O–H groups in total. The second-order valence-corrected chi connectivity index (χ2v) is 4.16. The standard InChI is InChI=1S/C13H19N3O2/c14-10-6-4-5-7-11(10)16-13(18)9-3-1-2-8-12(15)17/h4-7H,1-3,8-9,14H2,(H2,15,17)(H,16,18). The van der Waals surface area contributed by atoms with Gasteiger partial charge in [0, 0.05) is 12.8 Å². The highest BCUT2D eigenvalue weighted by molar-refractivity contribution is 5.93. The molecule has 0 radical (unpaired) electrons. The van der Waals surface area contributed by atoms with Crippen LogP contribution in [0.5, 0.6) is 0 Å². The second kappa shape index (κ2) is 7.32. The lowest BCUT2D eigenvalue weighted by atomic mass is 10.1. The maximum atomic E-state index is 11.6. The van der Waals surface area contributed by atoms with E-state index >= 15 is 0 Å². The maximum Gasteiger partial charge on any atom is 0.224 e. The number of nitrogen functional groups attached to an aromatic ring is 1. The van der Waals surface area contributed by atoms with Crippen LogP contribution in [-0.4, -0.2) is 11.8 Å². The van der Waals surface area contributed by atoms with Gasteiger partial charge in [-0.3, -0.25) is 9.59 Å². The van der Waals surface area contributed by atoms with Crippen molar-refractivity contribution in [3.8, 4) is 0 Å². The Hall–Kier alpha value is -2.04. The van der Waals surface area contributed by atoms with Crippen molar-refractivity contribution < 1.29 is 9.59 Å². The number of benzene rings is 1. The smallest absolute Gasteiger partial charge is 0.224 e. The molecule has 5 heteroatoms. The molecule has 0 fully saturated rings. The summed E-state index contributed by atoms with van der Waals surface area (Å²) in [6.07, 6.45) is 3.10. The summed E-state index contributed by atoms with van der Waals surface area (Å²) in [6.45, 7) is 0. The summed E-state index contributed by atoms with van der Waals surface area (Å²) in [5.74, 6) is -0.358. The molecule has 0 saturated heterocycles. The van der Waals surface area contributed by atoms with Crippen molar-refractivity contribution in [2.75, 3.05) is 11.1 Å². The van der Waals surface area contributed by atoms with E-state index in [4.69, 9.17) is 11.5 Å². The molecule has 98 valence electrons. The lowest BCUT2D eigenvalue weighted by Crippen LogP contribution is -2.13. The van der Waals surface area contributed by atoms with E-state index in [0.717, 1.165) is 19.3 Å². The number of hydrogen-bond acceptors (Lipinski definition) is 3. The van der Waals surface area contributed by atoms with E-state index in [1.54, 1.807) is 12.1 Å². The topological polar surface area (TPSA) is 98.2 Å². The minimum atomic E-state index is -0.295. The van der Waals surface area contributed by atoms with Crippen LogP contribution in [0.4, 0.5) is 11.4 Å². The lowest BCUT2D eigenvalue weighted by Gasteiger charge is -2.07. The maximum absolute atomic E-state index is 11.6. The van der Waals surface area contributed by atoms with Crippen LogP contribution in [0.2, 0.25) is 0 Å². The van der Waals surface area contributed by atoms with Gasteiger partial charge in [-0.15, -0.1) is 0 Å². The molecule has 0 aliphatic carbocycles. The van der Waals surface area contributed by atoms with Crippen molar-refractivity contribution in [3.63, 3.8) is 0 Å². The van der Waals surface area contributed by atoms with E-state index in [0.29, 0.717) is 24.2 Å². The molecule has 1 rings (SSSR count). The van der Waals surface area contributed by atoms with Crippen LogP contribution in [0.1, 0.15) is 32.1 Å². The van der Waals surface area contributed by atoms with E-state index in [1.807, 2.05) is 12.1 Å². The SMILES string of the molecule is NC(=O)CCCCCC(=O)Nc1ccccc1N. The van der Waals surface area contributed by atoms with Crippen molar-refractivity contribution in [2.24, 2.45) is 5.73 Å². The second-order valence-electron chi connectivity index (χ2n) is 4.16. The van der Waals surface area contributed by atoms with Gasteiger partial charge in [0.25, 0.3) is 0 Å². The summed E-state index contributed by atoms with van der Waals surface area (Å²) < 4.78 is 0. The van der Waals surface area contributed by atoms with Gasteiger partial charge >= 0.3 is 0 Å². The van der Waals surface area contributed by atoms with Gasteiger partial charge in [0.15, 0.2) is 0 Å². The van der Waals surface area contributed by atoms with Crippen LogP contribution >= 0.6 is 0 Å². The molecule has 0 aliphatic rings. The van der Waals surface area contributed by atoms with Crippen molar-refractivity contribution >= 4 is 23.2 Å². The fraction of sp³-hybridized carbons (Fsp3) is 0.385. The van der Waals surface area contributed by atoms with E-state index in [9.17, 15) is 9.59 Å². The molecule has 0 heterocycles. The third-order valence-electron chi connectivity index (χ3n) is 2.56. The van der Waals surface area contributed by atoms with Crippen LogP contribution in [-0.2, 0) is 9.59 Å². The quantitative estimate of drug-likeness (QED) is 0.506. The highest BCUT2D eigenvalue weighted by Gasteiger charge is 2.04. The molecular weight excluding hydrogens is 230 g/mol. The fourth-order valence-electron chi connectivity index (χ4n) is 1.59. The van der Waals surface area contributed by atoms with Gasteiger partial charge in [0.05, 0.1) is 11.4 Å². The van der Waals surface area contributed by atoms with Crippen molar-refractivity contribution in [3.05, 3.63) is 24.3 Å². The number of primary amides is 1. The number of carbonyl (C=O) groups is 2. The average molecular weight is 249 g/mol. The molecule has 5 nitrogen and oxygen atoms in total. The number of unbranched alkanes of at least 4 members (excludes halogenated alkanes) is 2. The monoisotopic (exact) mass is 249 g/mol. The van der Waals surface area contributed by atoms with Gasteiger partial charge in [0.2, 0.25) is 11.8 Å². The molecule has 1 aromatic rings. The average Bonchev–Trinajstić information content (AvgIpc) is 2.31. The molecule has 1 aromatic carbocycles. The van der Waals surface area contributed by atoms with Gasteiger partial charge < -0.3 is 16.8 Å². The number of carbonyl (C=O) groups excluding carboxylic acids is 2. The molecule has 18 heavy (non-hydrogen) atoms. The summed E-state index contributed by atoms with van der Waals surface area (Å²) >= 11 is 0. The summed E-state index contributed by atoms with van der Waals surface area (Å²) in [5, 5.41) is 2.75. The predicted molar refractivity (Wildman–Crippen MR) is 71.8 cm³/mol. The first-order chi connectivity index (χ1) is 8.59. The number of amides is 2. The largest absolute Gasteiger partial charge is 0.397 e. The zero-order valence-corrected chi connectivity index (χ0v) is 10.3. The van der Waals surface area contributed by atoms with E-state index in [-0.39, 0.29) is 11.8 Å². The van der Waals surface area contributed by atoms with Crippen LogP contribution in [0.15, 0.2) is 24.3 Å². The van der Waals surface area contributed by atoms with Gasteiger partial charge in [-0.1, -0.05) is 18.6 Å². The highest BCUT2D eigenvalue weighted by atomic mass is 16.1. The zero-order chi connectivity index (χ0) is 13.4. The number of nitrogens with two attached hydrogens (primary N) is 2. The summed E-state index contributed by atoms with van der Waals surface area (Å²) in [6, 6.07) is 7.14. The Kier molecular flexibility index (Phi) is 5.70. The van der Waals surface area contributed by atoms with Crippen molar-refractivity contribution in [1.29, 1.82) is 0 Å². The fourth-order valence-corrected chi connectivity index (χ4v) is 1.59. The highest BCUT2D eigenvalue weighted by Crippen LogP contribution is 2.17. The lowest BCUT2D eigenvalue weighted by molar-refractivity contribution is -0.118. The Balaban J connectivity index is 2.22. The molecule has 0 spiro atoms. The van der Waals surface area contributed by atoms with E-state index in [2.05, 4.69) is 5.32 Å². The third-order valence-corrected chi connectivity index (χ3v) is 2.56. The van der Waals surface area contributed by atoms with Crippen LogP contribution in [0.3, 0.4) is 0 Å². The minimum absolute atomic E-state index is 0.0630. The third kappa shape index (κ3) is 5.34. The molecule has 0 aliphatic heterocycles. The van der Waals surface area contributed by atoms with Gasteiger partial charge in [-0.2, -0.15) is 0 Å². The predicted octanol–water partition coefficient (Wildman–Crippen LogP) is 1.64. The number of hydrogen-bond donors (Lipinski definition) is 3. The first-order valence-corrected chi connectivity index (χ1v) is 6.02. The van der Waals surface area contributed by atoms with Crippen molar-refractivity contribution in [1.82, 2.24) is 0 Å². The first-order valence-electron chi connectivity index (χ1n) is 6.02. The Labute approximate surface area is 107 Å². The molecular formula is C13H19N3O2. The van der Waals surface area contributed by atoms with Gasteiger partial charge in [-0.25, -0.2) is 0 Å². The molecule has 0 atom stereocenters. The molecule has 0 bridgehead atoms. The number of rotatable bonds is 7. The number of nitrogens with one attached hydrogen (secondary N) is 1. The van der Waals surface area contributed by atoms with Crippen LogP contribution < -0.4 is 16.8 Å². The van der Waals surface area contributed by atoms with E-state index < -0.39 is 0 Å². The summed E-state index contributed by atoms with van der Waals surface area (Å²) in [7, 11) is 0. The number of para-hydroxylation sites is 2. The van der Waals surface area contributed by atoms with Crippen LogP contribution in [0.25, 0.3) is 0 Å². The number of anilines is 2. The molecule has 0 unspecified atom stereocenters. The van der Waals surface area contributed by atoms with Crippen molar-refractivity contribution in [2.45, 2.75) is 32.1 Å². The van der Waals surface area contributed by atoms with E-state index in [1.165, 1.54) is 0 Å². The van der Waals surface area contributed by atoms with Crippen LogP contribution in [0, 0.1) is 0 Å².